The number of nitrogens with two attached hydrogens (primary N) is 1. The molecule has 5 rings (SSSR count). The summed E-state index contributed by atoms with van der Waals surface area (Å²) in [5.74, 6) is -3.72. The highest BCUT2D eigenvalue weighted by atomic mass is 35.5. The van der Waals surface area contributed by atoms with Gasteiger partial charge < -0.3 is 25.6 Å². The first-order valence-corrected chi connectivity index (χ1v) is 13.2. The Hall–Kier alpha value is -3.34. The second-order valence-corrected chi connectivity index (χ2v) is 10.4. The minimum Gasteiger partial charge on any atom is -0.488 e. The first-order valence-electron chi connectivity index (χ1n) is 12.8. The van der Waals surface area contributed by atoms with E-state index in [1.807, 2.05) is 18.2 Å². The van der Waals surface area contributed by atoms with Gasteiger partial charge in [-0.1, -0.05) is 41.9 Å². The van der Waals surface area contributed by atoms with Crippen LogP contribution in [0.5, 0.6) is 11.5 Å². The SMILES string of the molecule is NC(=O)c1ccc(OCCO)c(F)c1-c1c(Cl)c(F)cc2c1C[C@@](CN[C@H]1C[C@@H](C(F)F)C1)(c1ccccc1)O2. The van der Waals surface area contributed by atoms with E-state index in [-0.39, 0.29) is 60.4 Å². The fraction of sp³-hybridized carbons (Fsp3) is 0.345. The minimum atomic E-state index is -2.38. The van der Waals surface area contributed by atoms with E-state index in [2.05, 4.69) is 5.32 Å². The van der Waals surface area contributed by atoms with E-state index in [0.717, 1.165) is 11.6 Å². The lowest BCUT2D eigenvalue weighted by Gasteiger charge is -2.38. The Morgan fingerprint density at radius 2 is 1.90 bits per heavy atom. The van der Waals surface area contributed by atoms with Crippen LogP contribution in [0, 0.1) is 17.6 Å². The molecule has 1 aliphatic heterocycles. The Morgan fingerprint density at radius 3 is 2.55 bits per heavy atom. The monoisotopic (exact) mass is 578 g/mol. The Balaban J connectivity index is 1.60. The number of rotatable bonds is 10. The number of aliphatic hydroxyl groups excluding tert-OH is 1. The predicted molar refractivity (Wildman–Crippen MR) is 141 cm³/mol. The molecule has 1 fully saturated rings. The van der Waals surface area contributed by atoms with Crippen molar-refractivity contribution in [2.45, 2.75) is 37.3 Å². The number of primary amides is 1. The number of carbonyl (C=O) groups excluding carboxylic acids is 1. The maximum atomic E-state index is 15.9. The number of hydrogen-bond acceptors (Lipinski definition) is 5. The number of fused-ring (bicyclic) bond motifs is 1. The highest BCUT2D eigenvalue weighted by molar-refractivity contribution is 6.34. The highest BCUT2D eigenvalue weighted by Gasteiger charge is 2.45. The van der Waals surface area contributed by atoms with Crippen molar-refractivity contribution in [1.29, 1.82) is 0 Å². The molecule has 0 spiro atoms. The summed E-state index contributed by atoms with van der Waals surface area (Å²) in [5, 5.41) is 12.0. The molecule has 1 saturated carbocycles. The Kier molecular flexibility index (Phi) is 7.94. The summed E-state index contributed by atoms with van der Waals surface area (Å²) in [7, 11) is 0. The van der Waals surface area contributed by atoms with Gasteiger partial charge in [0.05, 0.1) is 17.2 Å². The lowest BCUT2D eigenvalue weighted by Crippen LogP contribution is -2.50. The van der Waals surface area contributed by atoms with Crippen molar-refractivity contribution in [1.82, 2.24) is 5.32 Å². The van der Waals surface area contributed by atoms with Crippen molar-refractivity contribution in [3.05, 3.63) is 81.9 Å². The van der Waals surface area contributed by atoms with Crippen molar-refractivity contribution in [3.8, 4) is 22.6 Å². The number of halogens is 5. The van der Waals surface area contributed by atoms with E-state index < -0.39 is 40.5 Å². The van der Waals surface area contributed by atoms with Crippen molar-refractivity contribution in [2.24, 2.45) is 11.7 Å². The summed E-state index contributed by atoms with van der Waals surface area (Å²) in [4.78, 5) is 12.4. The van der Waals surface area contributed by atoms with Crippen LogP contribution < -0.4 is 20.5 Å². The van der Waals surface area contributed by atoms with Gasteiger partial charge in [0, 0.05) is 47.7 Å². The largest absolute Gasteiger partial charge is 0.488 e. The van der Waals surface area contributed by atoms with Crippen molar-refractivity contribution in [3.63, 3.8) is 0 Å². The van der Waals surface area contributed by atoms with E-state index in [4.69, 9.17) is 31.9 Å². The maximum absolute atomic E-state index is 15.9. The summed E-state index contributed by atoms with van der Waals surface area (Å²) in [6.45, 7) is -0.418. The number of nitrogens with one attached hydrogen (secondary N) is 1. The van der Waals surface area contributed by atoms with Gasteiger partial charge in [-0.05, 0) is 30.5 Å². The van der Waals surface area contributed by atoms with Crippen LogP contribution in [0.3, 0.4) is 0 Å². The second-order valence-electron chi connectivity index (χ2n) is 10.0. The average Bonchev–Trinajstić information content (AvgIpc) is 3.27. The molecule has 3 aromatic rings. The highest BCUT2D eigenvalue weighted by Crippen LogP contribution is 2.50. The van der Waals surface area contributed by atoms with Crippen LogP contribution in [0.4, 0.5) is 17.6 Å². The molecule has 11 heteroatoms. The summed E-state index contributed by atoms with van der Waals surface area (Å²) in [5.41, 5.74) is 4.83. The zero-order chi connectivity index (χ0) is 28.6. The first-order chi connectivity index (χ1) is 19.1. The Morgan fingerprint density at radius 1 is 1.18 bits per heavy atom. The molecule has 3 aromatic carbocycles. The third kappa shape index (κ3) is 5.11. The van der Waals surface area contributed by atoms with Crippen LogP contribution in [-0.4, -0.2) is 43.2 Å². The van der Waals surface area contributed by atoms with Crippen LogP contribution in [0.1, 0.15) is 34.3 Å². The fourth-order valence-electron chi connectivity index (χ4n) is 5.42. The van der Waals surface area contributed by atoms with Gasteiger partial charge in [-0.15, -0.1) is 0 Å². The number of ether oxygens (including phenoxy) is 2. The Bertz CT molecular complexity index is 1420. The molecule has 0 aromatic heterocycles. The third-order valence-corrected chi connectivity index (χ3v) is 7.90. The van der Waals surface area contributed by atoms with E-state index in [1.165, 1.54) is 12.1 Å². The molecule has 212 valence electrons. The zero-order valence-corrected chi connectivity index (χ0v) is 22.0. The molecule has 6 nitrogen and oxygen atoms in total. The van der Waals surface area contributed by atoms with E-state index >= 15 is 8.78 Å². The molecule has 1 heterocycles. The summed E-state index contributed by atoms with van der Waals surface area (Å²) in [6, 6.07) is 12.5. The number of amides is 1. The van der Waals surface area contributed by atoms with Gasteiger partial charge in [-0.2, -0.15) is 0 Å². The van der Waals surface area contributed by atoms with E-state index in [1.54, 1.807) is 12.1 Å². The lowest BCUT2D eigenvalue weighted by molar-refractivity contribution is 0.00798. The standard InChI is InChI=1S/C29H27ClF4N2O4/c30-25-20(31)12-22-19(23(25)24-18(28(35)38)6-7-21(26(24)32)39-9-8-37)13-29(40-22,16-4-2-1-3-5-16)14-36-17-10-15(11-17)27(33)34/h1-7,12,15,17,27,36-37H,8-11,13-14H2,(H2,35,38)/t15-,17+,29-/m1/s1. The molecule has 2 aliphatic rings. The molecule has 40 heavy (non-hydrogen) atoms. The molecule has 1 amide bonds. The summed E-state index contributed by atoms with van der Waals surface area (Å²) in [6.07, 6.45) is -1.66. The number of alkyl halides is 2. The van der Waals surface area contributed by atoms with Gasteiger partial charge >= 0.3 is 0 Å². The van der Waals surface area contributed by atoms with Gasteiger partial charge in [0.2, 0.25) is 12.3 Å². The van der Waals surface area contributed by atoms with E-state index in [0.29, 0.717) is 18.4 Å². The van der Waals surface area contributed by atoms with Gasteiger partial charge in [-0.25, -0.2) is 17.6 Å². The maximum Gasteiger partial charge on any atom is 0.249 e. The van der Waals surface area contributed by atoms with Crippen LogP contribution in [-0.2, 0) is 12.0 Å². The van der Waals surface area contributed by atoms with Gasteiger partial charge in [0.1, 0.15) is 18.2 Å². The summed E-state index contributed by atoms with van der Waals surface area (Å²) < 4.78 is 68.9. The normalized spacial score (nSPS) is 21.6. The molecule has 1 aliphatic carbocycles. The lowest BCUT2D eigenvalue weighted by atomic mass is 9.79. The average molecular weight is 579 g/mol. The van der Waals surface area contributed by atoms with Gasteiger partial charge in [0.15, 0.2) is 17.2 Å². The topological polar surface area (TPSA) is 93.8 Å². The number of aliphatic hydroxyl groups is 1. The first kappa shape index (κ1) is 28.2. The molecular formula is C29H27ClF4N2O4. The third-order valence-electron chi connectivity index (χ3n) is 7.53. The van der Waals surface area contributed by atoms with Crippen LogP contribution in [0.25, 0.3) is 11.1 Å². The molecular weight excluding hydrogens is 552 g/mol. The summed E-state index contributed by atoms with van der Waals surface area (Å²) >= 11 is 6.44. The van der Waals surface area contributed by atoms with Crippen LogP contribution >= 0.6 is 11.6 Å². The van der Waals surface area contributed by atoms with Crippen LogP contribution in [0.2, 0.25) is 5.02 Å². The fourth-order valence-corrected chi connectivity index (χ4v) is 5.68. The Labute approximate surface area is 233 Å². The minimum absolute atomic E-state index is 0.0955. The van der Waals surface area contributed by atoms with E-state index in [9.17, 15) is 13.6 Å². The van der Waals surface area contributed by atoms with Gasteiger partial charge in [0.25, 0.3) is 0 Å². The number of benzene rings is 3. The van der Waals surface area contributed by atoms with Crippen molar-refractivity contribution < 1.29 is 36.9 Å². The second kappa shape index (κ2) is 11.3. The number of hydrogen-bond donors (Lipinski definition) is 3. The molecule has 1 atom stereocenters. The van der Waals surface area contributed by atoms with Crippen molar-refractivity contribution >= 4 is 17.5 Å². The predicted octanol–water partition coefficient (Wildman–Crippen LogP) is 5.22. The smallest absolute Gasteiger partial charge is 0.249 e. The quantitative estimate of drug-likeness (QED) is 0.287. The van der Waals surface area contributed by atoms with Gasteiger partial charge in [-0.3, -0.25) is 4.79 Å². The van der Waals surface area contributed by atoms with Crippen LogP contribution in [0.15, 0.2) is 48.5 Å². The molecule has 0 bridgehead atoms. The molecule has 0 unspecified atom stereocenters. The van der Waals surface area contributed by atoms with Crippen molar-refractivity contribution in [2.75, 3.05) is 19.8 Å². The molecule has 0 radical (unpaired) electrons. The molecule has 0 saturated heterocycles. The number of carbonyl (C=O) groups is 1. The molecule has 4 N–H and O–H groups in total. The zero-order valence-electron chi connectivity index (χ0n) is 21.2.